The van der Waals surface area contributed by atoms with Crippen molar-refractivity contribution in [3.8, 4) is 0 Å². The van der Waals surface area contributed by atoms with Gasteiger partial charge in [-0.15, -0.1) is 0 Å². The number of piperazine rings is 1. The fourth-order valence-electron chi connectivity index (χ4n) is 2.60. The molecule has 0 aromatic carbocycles. The zero-order valence-corrected chi connectivity index (χ0v) is 8.29. The molecule has 0 aliphatic carbocycles. The molecule has 0 aromatic rings. The maximum atomic E-state index is 2.69. The second-order valence-electron chi connectivity index (χ2n) is 4.42. The topological polar surface area (TPSA) is 6.48 Å². The molecule has 2 saturated heterocycles. The van der Waals surface area contributed by atoms with Gasteiger partial charge in [0, 0.05) is 32.2 Å². The zero-order chi connectivity index (χ0) is 8.55. The molecule has 2 unspecified atom stereocenters. The molecule has 2 atom stereocenters. The van der Waals surface area contributed by atoms with Crippen LogP contribution in [-0.4, -0.2) is 49.1 Å². The van der Waals surface area contributed by atoms with E-state index in [-0.39, 0.29) is 0 Å². The summed E-state index contributed by atoms with van der Waals surface area (Å²) in [6.45, 7) is 7.57. The van der Waals surface area contributed by atoms with Crippen LogP contribution in [0.3, 0.4) is 0 Å². The SMILES string of the molecule is CCC1CC2CN(C)CCN2C1. The first-order valence-corrected chi connectivity index (χ1v) is 5.22. The van der Waals surface area contributed by atoms with Gasteiger partial charge in [-0.1, -0.05) is 13.3 Å². The Morgan fingerprint density at radius 2 is 2.08 bits per heavy atom. The van der Waals surface area contributed by atoms with E-state index in [1.54, 1.807) is 0 Å². The Kier molecular flexibility index (Phi) is 2.37. The van der Waals surface area contributed by atoms with Gasteiger partial charge in [-0.2, -0.15) is 0 Å². The van der Waals surface area contributed by atoms with E-state index < -0.39 is 0 Å². The molecule has 0 radical (unpaired) electrons. The van der Waals surface area contributed by atoms with Gasteiger partial charge < -0.3 is 4.90 Å². The normalized spacial score (nSPS) is 38.5. The van der Waals surface area contributed by atoms with E-state index in [0.717, 1.165) is 12.0 Å². The van der Waals surface area contributed by atoms with E-state index in [4.69, 9.17) is 0 Å². The van der Waals surface area contributed by atoms with Gasteiger partial charge in [0.15, 0.2) is 0 Å². The summed E-state index contributed by atoms with van der Waals surface area (Å²) >= 11 is 0. The van der Waals surface area contributed by atoms with Gasteiger partial charge in [0.05, 0.1) is 0 Å². The summed E-state index contributed by atoms with van der Waals surface area (Å²) in [5.74, 6) is 0.987. The average molecular weight is 168 g/mol. The smallest absolute Gasteiger partial charge is 0.0226 e. The fourth-order valence-corrected chi connectivity index (χ4v) is 2.60. The van der Waals surface area contributed by atoms with Gasteiger partial charge in [0.1, 0.15) is 0 Å². The second kappa shape index (κ2) is 3.35. The van der Waals surface area contributed by atoms with Crippen LogP contribution in [0.25, 0.3) is 0 Å². The van der Waals surface area contributed by atoms with Crippen molar-refractivity contribution in [2.45, 2.75) is 25.8 Å². The van der Waals surface area contributed by atoms with Gasteiger partial charge in [0.2, 0.25) is 0 Å². The van der Waals surface area contributed by atoms with Crippen LogP contribution in [-0.2, 0) is 0 Å². The third-order valence-corrected chi connectivity index (χ3v) is 3.48. The number of likely N-dealkylation sites (N-methyl/N-ethyl adjacent to an activating group) is 1. The monoisotopic (exact) mass is 168 g/mol. The van der Waals surface area contributed by atoms with Crippen LogP contribution in [0.5, 0.6) is 0 Å². The minimum absolute atomic E-state index is 0.883. The molecule has 0 spiro atoms. The lowest BCUT2D eigenvalue weighted by atomic mass is 10.0. The lowest BCUT2D eigenvalue weighted by Gasteiger charge is -2.35. The van der Waals surface area contributed by atoms with Crippen LogP contribution in [0.4, 0.5) is 0 Å². The highest BCUT2D eigenvalue weighted by Gasteiger charge is 2.33. The molecule has 0 bridgehead atoms. The predicted molar refractivity (Wildman–Crippen MR) is 51.3 cm³/mol. The Labute approximate surface area is 75.5 Å². The summed E-state index contributed by atoms with van der Waals surface area (Å²) in [5, 5.41) is 0. The first-order valence-electron chi connectivity index (χ1n) is 5.22. The van der Waals surface area contributed by atoms with Gasteiger partial charge in [-0.3, -0.25) is 4.90 Å². The Bertz CT molecular complexity index is 158. The highest BCUT2D eigenvalue weighted by atomic mass is 15.3. The van der Waals surface area contributed by atoms with E-state index in [1.165, 1.54) is 39.0 Å². The standard InChI is InChI=1S/C10H20N2/c1-3-9-6-10-8-11(2)4-5-12(10)7-9/h9-10H,3-8H2,1-2H3. The molecule has 0 N–H and O–H groups in total. The molecule has 2 rings (SSSR count). The molecule has 2 fully saturated rings. The maximum Gasteiger partial charge on any atom is 0.0226 e. The number of nitrogens with zero attached hydrogens (tertiary/aromatic N) is 2. The van der Waals surface area contributed by atoms with Gasteiger partial charge in [-0.05, 0) is 19.4 Å². The van der Waals surface area contributed by atoms with Crippen LogP contribution in [0.1, 0.15) is 19.8 Å². The van der Waals surface area contributed by atoms with Crippen molar-refractivity contribution in [3.05, 3.63) is 0 Å². The van der Waals surface area contributed by atoms with Gasteiger partial charge in [0.25, 0.3) is 0 Å². The van der Waals surface area contributed by atoms with E-state index >= 15 is 0 Å². The second-order valence-corrected chi connectivity index (χ2v) is 4.42. The van der Waals surface area contributed by atoms with Crippen molar-refractivity contribution in [1.82, 2.24) is 9.80 Å². The number of rotatable bonds is 1. The molecular formula is C10H20N2. The average Bonchev–Trinajstić information content (AvgIpc) is 2.46. The predicted octanol–water partition coefficient (Wildman–Crippen LogP) is 1.03. The molecule has 2 heterocycles. The summed E-state index contributed by atoms with van der Waals surface area (Å²) in [5.41, 5.74) is 0. The van der Waals surface area contributed by atoms with Crippen LogP contribution >= 0.6 is 0 Å². The number of hydrogen-bond acceptors (Lipinski definition) is 2. The molecule has 0 saturated carbocycles. The quantitative estimate of drug-likeness (QED) is 0.577. The minimum atomic E-state index is 0.883. The first-order chi connectivity index (χ1) is 5.79. The summed E-state index contributed by atoms with van der Waals surface area (Å²) in [6.07, 6.45) is 2.82. The van der Waals surface area contributed by atoms with E-state index in [1.807, 2.05) is 0 Å². The van der Waals surface area contributed by atoms with E-state index in [0.29, 0.717) is 0 Å². The van der Waals surface area contributed by atoms with Crippen molar-refractivity contribution < 1.29 is 0 Å². The van der Waals surface area contributed by atoms with E-state index in [2.05, 4.69) is 23.8 Å². The molecule has 0 amide bonds. The largest absolute Gasteiger partial charge is 0.304 e. The van der Waals surface area contributed by atoms with Crippen LogP contribution in [0.15, 0.2) is 0 Å². The van der Waals surface area contributed by atoms with Gasteiger partial charge >= 0.3 is 0 Å². The van der Waals surface area contributed by atoms with Gasteiger partial charge in [-0.25, -0.2) is 0 Å². The van der Waals surface area contributed by atoms with Crippen molar-refractivity contribution in [1.29, 1.82) is 0 Å². The molecule has 0 aromatic heterocycles. The summed E-state index contributed by atoms with van der Waals surface area (Å²) in [4.78, 5) is 5.16. The van der Waals surface area contributed by atoms with Crippen LogP contribution < -0.4 is 0 Å². The Hall–Kier alpha value is -0.0800. The van der Waals surface area contributed by atoms with Crippen LogP contribution in [0.2, 0.25) is 0 Å². The Balaban J connectivity index is 1.93. The van der Waals surface area contributed by atoms with Crippen LogP contribution in [0, 0.1) is 5.92 Å². The summed E-state index contributed by atoms with van der Waals surface area (Å²) in [7, 11) is 2.25. The van der Waals surface area contributed by atoms with Crippen molar-refractivity contribution in [3.63, 3.8) is 0 Å². The fraction of sp³-hybridized carbons (Fsp3) is 1.00. The van der Waals surface area contributed by atoms with Crippen molar-refractivity contribution in [2.75, 3.05) is 33.2 Å². The lowest BCUT2D eigenvalue weighted by molar-refractivity contribution is 0.124. The number of hydrogen-bond donors (Lipinski definition) is 0. The Morgan fingerprint density at radius 3 is 2.83 bits per heavy atom. The molecular weight excluding hydrogens is 148 g/mol. The molecule has 2 aliphatic rings. The third kappa shape index (κ3) is 1.50. The number of fused-ring (bicyclic) bond motifs is 1. The molecule has 2 nitrogen and oxygen atoms in total. The van der Waals surface area contributed by atoms with Crippen molar-refractivity contribution in [2.24, 2.45) is 5.92 Å². The molecule has 70 valence electrons. The highest BCUT2D eigenvalue weighted by molar-refractivity contribution is 4.89. The van der Waals surface area contributed by atoms with E-state index in [9.17, 15) is 0 Å². The van der Waals surface area contributed by atoms with Crippen molar-refractivity contribution >= 4 is 0 Å². The first kappa shape index (κ1) is 8.52. The molecule has 2 aliphatic heterocycles. The lowest BCUT2D eigenvalue weighted by Crippen LogP contribution is -2.48. The zero-order valence-electron chi connectivity index (χ0n) is 8.29. The maximum absolute atomic E-state index is 2.69. The Morgan fingerprint density at radius 1 is 1.25 bits per heavy atom. The minimum Gasteiger partial charge on any atom is -0.304 e. The highest BCUT2D eigenvalue weighted by Crippen LogP contribution is 2.27. The summed E-state index contributed by atoms with van der Waals surface area (Å²) < 4.78 is 0. The molecule has 12 heavy (non-hydrogen) atoms. The third-order valence-electron chi connectivity index (χ3n) is 3.48. The summed E-state index contributed by atoms with van der Waals surface area (Å²) in [6, 6.07) is 0.883. The molecule has 2 heteroatoms.